The highest BCUT2D eigenvalue weighted by Gasteiger charge is 2.29. The third kappa shape index (κ3) is 2.70. The van der Waals surface area contributed by atoms with Crippen molar-refractivity contribution in [3.05, 3.63) is 105 Å². The van der Waals surface area contributed by atoms with E-state index in [1.54, 1.807) is 0 Å². The van der Waals surface area contributed by atoms with Gasteiger partial charge in [-0.25, -0.2) is 0 Å². The third-order valence-electron chi connectivity index (χ3n) is 5.26. The molecule has 0 spiro atoms. The van der Waals surface area contributed by atoms with Crippen LogP contribution in [0.3, 0.4) is 0 Å². The molecule has 0 aromatic heterocycles. The molecule has 0 heterocycles. The van der Waals surface area contributed by atoms with E-state index in [2.05, 4.69) is 117 Å². The van der Waals surface area contributed by atoms with Crippen molar-refractivity contribution in [2.24, 2.45) is 0 Å². The SMILES string of the molecule is Brc1c(Br)c(-c2ccccc2)c(-c2ccccc2)c2c1Cc1ccccc1-2. The molecule has 1 aliphatic rings. The van der Waals surface area contributed by atoms with Crippen molar-refractivity contribution in [3.8, 4) is 33.4 Å². The van der Waals surface area contributed by atoms with Crippen LogP contribution < -0.4 is 0 Å². The molecule has 0 nitrogen and oxygen atoms in total. The molecule has 0 aliphatic heterocycles. The number of hydrogen-bond donors (Lipinski definition) is 0. The lowest BCUT2D eigenvalue weighted by atomic mass is 9.87. The lowest BCUT2D eigenvalue weighted by Crippen LogP contribution is -1.95. The van der Waals surface area contributed by atoms with Gasteiger partial charge in [0.1, 0.15) is 0 Å². The molecule has 4 aromatic carbocycles. The molecule has 27 heavy (non-hydrogen) atoms. The number of hydrogen-bond acceptors (Lipinski definition) is 0. The summed E-state index contributed by atoms with van der Waals surface area (Å²) in [5.74, 6) is 0. The van der Waals surface area contributed by atoms with Crippen LogP contribution >= 0.6 is 31.9 Å². The number of benzene rings is 4. The zero-order chi connectivity index (χ0) is 18.4. The molecule has 1 aliphatic carbocycles. The minimum atomic E-state index is 0.958. The van der Waals surface area contributed by atoms with Crippen molar-refractivity contribution in [2.75, 3.05) is 0 Å². The van der Waals surface area contributed by atoms with Crippen molar-refractivity contribution < 1.29 is 0 Å². The summed E-state index contributed by atoms with van der Waals surface area (Å²) in [4.78, 5) is 0. The molecular formula is C25H16Br2. The van der Waals surface area contributed by atoms with Crippen LogP contribution in [0.15, 0.2) is 93.9 Å². The van der Waals surface area contributed by atoms with Crippen LogP contribution in [0, 0.1) is 0 Å². The average molecular weight is 476 g/mol. The third-order valence-corrected chi connectivity index (χ3v) is 7.46. The Bertz CT molecular complexity index is 1140. The van der Waals surface area contributed by atoms with E-state index in [1.807, 2.05) is 0 Å². The molecule has 0 unspecified atom stereocenters. The van der Waals surface area contributed by atoms with Crippen molar-refractivity contribution in [3.63, 3.8) is 0 Å². The van der Waals surface area contributed by atoms with Crippen molar-refractivity contribution in [1.82, 2.24) is 0 Å². The molecule has 5 rings (SSSR count). The van der Waals surface area contributed by atoms with Crippen LogP contribution in [0.25, 0.3) is 33.4 Å². The van der Waals surface area contributed by atoms with Crippen molar-refractivity contribution in [1.29, 1.82) is 0 Å². The van der Waals surface area contributed by atoms with Crippen LogP contribution in [-0.2, 0) is 6.42 Å². The van der Waals surface area contributed by atoms with Gasteiger partial charge in [0.15, 0.2) is 0 Å². The maximum atomic E-state index is 3.92. The first-order chi connectivity index (χ1) is 13.3. The first-order valence-corrected chi connectivity index (χ1v) is 10.6. The van der Waals surface area contributed by atoms with E-state index in [9.17, 15) is 0 Å². The molecule has 0 fully saturated rings. The molecule has 0 saturated heterocycles. The van der Waals surface area contributed by atoms with E-state index in [-0.39, 0.29) is 0 Å². The Labute approximate surface area is 176 Å². The predicted molar refractivity (Wildman–Crippen MR) is 121 cm³/mol. The zero-order valence-corrected chi connectivity index (χ0v) is 17.7. The van der Waals surface area contributed by atoms with Gasteiger partial charge >= 0.3 is 0 Å². The number of fused-ring (bicyclic) bond motifs is 3. The van der Waals surface area contributed by atoms with Gasteiger partial charge in [-0.05, 0) is 77.2 Å². The fourth-order valence-electron chi connectivity index (χ4n) is 4.08. The standard InChI is InChI=1S/C25H16Br2/c26-24-20-15-18-13-7-8-14-19(18)23(20)21(16-9-3-1-4-10-16)22(25(24)27)17-11-5-2-6-12-17/h1-14H,15H2. The molecule has 0 saturated carbocycles. The van der Waals surface area contributed by atoms with Crippen LogP contribution in [0.2, 0.25) is 0 Å². The first kappa shape index (κ1) is 17.0. The molecule has 0 bridgehead atoms. The highest BCUT2D eigenvalue weighted by molar-refractivity contribution is 9.13. The highest BCUT2D eigenvalue weighted by Crippen LogP contribution is 2.53. The van der Waals surface area contributed by atoms with Crippen LogP contribution in [0.5, 0.6) is 0 Å². The van der Waals surface area contributed by atoms with E-state index >= 15 is 0 Å². The van der Waals surface area contributed by atoms with E-state index in [4.69, 9.17) is 0 Å². The summed E-state index contributed by atoms with van der Waals surface area (Å²) in [5, 5.41) is 0. The van der Waals surface area contributed by atoms with Crippen LogP contribution in [-0.4, -0.2) is 0 Å². The molecule has 0 radical (unpaired) electrons. The Hall–Kier alpha value is -2.16. The van der Waals surface area contributed by atoms with Gasteiger partial charge in [0.05, 0.1) is 0 Å². The summed E-state index contributed by atoms with van der Waals surface area (Å²) in [6, 6.07) is 30.2. The quantitative estimate of drug-likeness (QED) is 0.242. The summed E-state index contributed by atoms with van der Waals surface area (Å²) in [7, 11) is 0. The predicted octanol–water partition coefficient (Wildman–Crippen LogP) is 8.12. The summed E-state index contributed by atoms with van der Waals surface area (Å²) >= 11 is 7.81. The minimum Gasteiger partial charge on any atom is -0.0622 e. The smallest absolute Gasteiger partial charge is 0.0405 e. The Kier molecular flexibility index (Phi) is 4.26. The second-order valence-corrected chi connectivity index (χ2v) is 8.38. The van der Waals surface area contributed by atoms with Crippen molar-refractivity contribution >= 4 is 31.9 Å². The van der Waals surface area contributed by atoms with Crippen LogP contribution in [0.1, 0.15) is 11.1 Å². The minimum absolute atomic E-state index is 0.958. The molecule has 0 amide bonds. The topological polar surface area (TPSA) is 0 Å². The lowest BCUT2D eigenvalue weighted by molar-refractivity contribution is 1.24. The van der Waals surface area contributed by atoms with Gasteiger partial charge in [-0.2, -0.15) is 0 Å². The Morgan fingerprint density at radius 1 is 0.519 bits per heavy atom. The molecule has 130 valence electrons. The average Bonchev–Trinajstić information content (AvgIpc) is 3.11. The summed E-state index contributed by atoms with van der Waals surface area (Å²) in [6.45, 7) is 0. The van der Waals surface area contributed by atoms with E-state index in [0.717, 1.165) is 15.4 Å². The molecule has 0 atom stereocenters. The van der Waals surface area contributed by atoms with Crippen molar-refractivity contribution in [2.45, 2.75) is 6.42 Å². The largest absolute Gasteiger partial charge is 0.0622 e. The van der Waals surface area contributed by atoms with Gasteiger partial charge in [-0.3, -0.25) is 0 Å². The van der Waals surface area contributed by atoms with Gasteiger partial charge in [-0.15, -0.1) is 0 Å². The zero-order valence-electron chi connectivity index (χ0n) is 14.5. The Morgan fingerprint density at radius 2 is 1.07 bits per heavy atom. The molecule has 4 aromatic rings. The Morgan fingerprint density at radius 3 is 1.74 bits per heavy atom. The fourth-order valence-corrected chi connectivity index (χ4v) is 5.28. The number of rotatable bonds is 2. The van der Waals surface area contributed by atoms with Gasteiger partial charge < -0.3 is 0 Å². The molecular weight excluding hydrogens is 460 g/mol. The van der Waals surface area contributed by atoms with Gasteiger partial charge in [0, 0.05) is 14.5 Å². The Balaban J connectivity index is 1.95. The normalized spacial score (nSPS) is 11.9. The summed E-state index contributed by atoms with van der Waals surface area (Å²) < 4.78 is 2.28. The lowest BCUT2D eigenvalue weighted by Gasteiger charge is -2.20. The van der Waals surface area contributed by atoms with Gasteiger partial charge in [0.2, 0.25) is 0 Å². The molecule has 2 heteroatoms. The van der Waals surface area contributed by atoms with Gasteiger partial charge in [0.25, 0.3) is 0 Å². The van der Waals surface area contributed by atoms with Gasteiger partial charge in [-0.1, -0.05) is 84.9 Å². The maximum absolute atomic E-state index is 3.92. The first-order valence-electron chi connectivity index (χ1n) is 8.98. The second kappa shape index (κ2) is 6.78. The monoisotopic (exact) mass is 474 g/mol. The van der Waals surface area contributed by atoms with Crippen LogP contribution in [0.4, 0.5) is 0 Å². The summed E-state index contributed by atoms with van der Waals surface area (Å²) in [5.41, 5.74) is 10.5. The van der Waals surface area contributed by atoms with E-state index in [1.165, 1.54) is 44.5 Å². The van der Waals surface area contributed by atoms with E-state index in [0.29, 0.717) is 0 Å². The van der Waals surface area contributed by atoms with E-state index < -0.39 is 0 Å². The second-order valence-electron chi connectivity index (χ2n) is 6.80. The highest BCUT2D eigenvalue weighted by atomic mass is 79.9. The fraction of sp³-hybridized carbons (Fsp3) is 0.0400. The number of halogens is 2. The summed E-state index contributed by atoms with van der Waals surface area (Å²) in [6.07, 6.45) is 0.958. The maximum Gasteiger partial charge on any atom is 0.0405 e. The molecule has 0 N–H and O–H groups in total.